The van der Waals surface area contributed by atoms with Crippen LogP contribution in [0.4, 0.5) is 0 Å². The van der Waals surface area contributed by atoms with Gasteiger partial charge in [-0.1, -0.05) is 40.9 Å². The van der Waals surface area contributed by atoms with Gasteiger partial charge in [0, 0.05) is 12.8 Å². The van der Waals surface area contributed by atoms with E-state index in [-0.39, 0.29) is 5.84 Å². The number of nitrogens with two attached hydrogens (primary N) is 1. The molecule has 0 unspecified atom stereocenters. The lowest BCUT2D eigenvalue weighted by Crippen LogP contribution is -2.17. The minimum Gasteiger partial charge on any atom is -0.387 e. The number of nitrogens with one attached hydrogen (secondary N) is 1. The van der Waals surface area contributed by atoms with Gasteiger partial charge in [0.1, 0.15) is 4.33 Å². The lowest BCUT2D eigenvalue weighted by atomic mass is 10.0. The lowest BCUT2D eigenvalue weighted by molar-refractivity contribution is 0.880. The SMILES string of the molecule is N=C(N)CC1=CC=CC(Cl)(Cl)C1. The number of hydrogen-bond donors (Lipinski definition) is 2. The van der Waals surface area contributed by atoms with E-state index in [1.807, 2.05) is 6.08 Å². The van der Waals surface area contributed by atoms with Crippen LogP contribution in [0.5, 0.6) is 0 Å². The van der Waals surface area contributed by atoms with Crippen molar-refractivity contribution in [3.05, 3.63) is 23.8 Å². The second kappa shape index (κ2) is 3.50. The monoisotopic (exact) mass is 204 g/mol. The van der Waals surface area contributed by atoms with E-state index >= 15 is 0 Å². The number of allylic oxidation sites excluding steroid dienone is 3. The predicted molar refractivity (Wildman–Crippen MR) is 52.8 cm³/mol. The Hall–Kier alpha value is -0.470. The molecule has 0 aliphatic heterocycles. The molecule has 0 atom stereocenters. The van der Waals surface area contributed by atoms with Crippen LogP contribution in [-0.4, -0.2) is 10.2 Å². The normalized spacial score (nSPS) is 20.3. The Bertz CT molecular complexity index is 254. The largest absolute Gasteiger partial charge is 0.387 e. The van der Waals surface area contributed by atoms with Crippen molar-refractivity contribution in [1.29, 1.82) is 5.41 Å². The summed E-state index contributed by atoms with van der Waals surface area (Å²) in [5.74, 6) is 0.140. The van der Waals surface area contributed by atoms with E-state index in [9.17, 15) is 0 Å². The summed E-state index contributed by atoms with van der Waals surface area (Å²) in [7, 11) is 0. The van der Waals surface area contributed by atoms with Gasteiger partial charge in [-0.15, -0.1) is 0 Å². The Morgan fingerprint density at radius 1 is 1.67 bits per heavy atom. The molecule has 1 rings (SSSR count). The third kappa shape index (κ3) is 2.88. The first-order chi connectivity index (χ1) is 5.49. The maximum Gasteiger partial charge on any atom is 0.140 e. The highest BCUT2D eigenvalue weighted by molar-refractivity contribution is 6.50. The zero-order valence-electron chi connectivity index (χ0n) is 6.48. The van der Waals surface area contributed by atoms with Crippen molar-refractivity contribution < 1.29 is 0 Å². The summed E-state index contributed by atoms with van der Waals surface area (Å²) in [6.45, 7) is 0. The predicted octanol–water partition coefficient (Wildman–Crippen LogP) is 2.37. The van der Waals surface area contributed by atoms with E-state index in [1.54, 1.807) is 12.2 Å². The van der Waals surface area contributed by atoms with Gasteiger partial charge in [-0.3, -0.25) is 5.41 Å². The molecular weight excluding hydrogens is 195 g/mol. The molecule has 0 fully saturated rings. The molecule has 12 heavy (non-hydrogen) atoms. The number of alkyl halides is 2. The van der Waals surface area contributed by atoms with Gasteiger partial charge in [-0.2, -0.15) is 0 Å². The highest BCUT2D eigenvalue weighted by atomic mass is 35.5. The van der Waals surface area contributed by atoms with Crippen LogP contribution in [0.1, 0.15) is 12.8 Å². The van der Waals surface area contributed by atoms with Crippen molar-refractivity contribution in [2.24, 2.45) is 5.73 Å². The number of amidine groups is 1. The molecule has 0 radical (unpaired) electrons. The molecule has 0 saturated carbocycles. The number of halogens is 2. The topological polar surface area (TPSA) is 49.9 Å². The number of rotatable bonds is 2. The van der Waals surface area contributed by atoms with E-state index < -0.39 is 4.33 Å². The van der Waals surface area contributed by atoms with E-state index in [0.717, 1.165) is 5.57 Å². The van der Waals surface area contributed by atoms with Crippen molar-refractivity contribution in [1.82, 2.24) is 0 Å². The first-order valence-corrected chi connectivity index (χ1v) is 4.33. The zero-order chi connectivity index (χ0) is 9.19. The Morgan fingerprint density at radius 3 is 2.83 bits per heavy atom. The van der Waals surface area contributed by atoms with E-state index in [1.165, 1.54) is 0 Å². The third-order valence-electron chi connectivity index (χ3n) is 1.55. The Morgan fingerprint density at radius 2 is 2.33 bits per heavy atom. The first kappa shape index (κ1) is 9.62. The maximum absolute atomic E-state index is 7.09. The van der Waals surface area contributed by atoms with Crippen LogP contribution in [0.2, 0.25) is 0 Å². The van der Waals surface area contributed by atoms with E-state index in [2.05, 4.69) is 0 Å². The quantitative estimate of drug-likeness (QED) is 0.405. The highest BCUT2D eigenvalue weighted by Gasteiger charge is 2.23. The van der Waals surface area contributed by atoms with Gasteiger partial charge >= 0.3 is 0 Å². The average molecular weight is 205 g/mol. The van der Waals surface area contributed by atoms with Gasteiger partial charge in [0.15, 0.2) is 0 Å². The fraction of sp³-hybridized carbons (Fsp3) is 0.375. The lowest BCUT2D eigenvalue weighted by Gasteiger charge is -2.19. The highest BCUT2D eigenvalue weighted by Crippen LogP contribution is 2.34. The Labute approximate surface area is 81.5 Å². The molecule has 0 bridgehead atoms. The molecule has 0 heterocycles. The molecule has 0 aromatic heterocycles. The maximum atomic E-state index is 7.09. The standard InChI is InChI=1S/C8H10Cl2N2/c9-8(10)3-1-2-6(5-8)4-7(11)12/h1-3H,4-5H2,(H3,11,12). The second-order valence-corrected chi connectivity index (χ2v) is 4.37. The van der Waals surface area contributed by atoms with Crippen molar-refractivity contribution >= 4 is 29.0 Å². The number of hydrogen-bond acceptors (Lipinski definition) is 1. The van der Waals surface area contributed by atoms with Gasteiger partial charge in [-0.25, -0.2) is 0 Å². The van der Waals surface area contributed by atoms with Crippen molar-refractivity contribution in [3.63, 3.8) is 0 Å². The first-order valence-electron chi connectivity index (χ1n) is 3.57. The van der Waals surface area contributed by atoms with Gasteiger partial charge in [0.05, 0.1) is 5.84 Å². The van der Waals surface area contributed by atoms with Crippen molar-refractivity contribution in [2.75, 3.05) is 0 Å². The van der Waals surface area contributed by atoms with Gasteiger partial charge in [0.2, 0.25) is 0 Å². The van der Waals surface area contributed by atoms with Crippen LogP contribution in [0.15, 0.2) is 23.8 Å². The zero-order valence-corrected chi connectivity index (χ0v) is 7.99. The molecule has 1 aliphatic carbocycles. The summed E-state index contributed by atoms with van der Waals surface area (Å²) in [6, 6.07) is 0. The smallest absolute Gasteiger partial charge is 0.140 e. The van der Waals surface area contributed by atoms with E-state index in [4.69, 9.17) is 34.3 Å². The molecule has 4 heteroatoms. The summed E-state index contributed by atoms with van der Waals surface area (Å²) in [5.41, 5.74) is 6.24. The molecular formula is C8H10Cl2N2. The van der Waals surface area contributed by atoms with Crippen LogP contribution < -0.4 is 5.73 Å². The molecule has 2 nitrogen and oxygen atoms in total. The van der Waals surface area contributed by atoms with Crippen molar-refractivity contribution in [3.8, 4) is 0 Å². The fourth-order valence-electron chi connectivity index (χ4n) is 1.11. The summed E-state index contributed by atoms with van der Waals surface area (Å²) >= 11 is 11.8. The van der Waals surface area contributed by atoms with Crippen LogP contribution in [0, 0.1) is 5.41 Å². The van der Waals surface area contributed by atoms with Crippen LogP contribution in [0.25, 0.3) is 0 Å². The molecule has 1 aliphatic rings. The van der Waals surface area contributed by atoms with Crippen molar-refractivity contribution in [2.45, 2.75) is 17.2 Å². The minimum absolute atomic E-state index is 0.140. The summed E-state index contributed by atoms with van der Waals surface area (Å²) in [5, 5.41) is 7.09. The van der Waals surface area contributed by atoms with Crippen LogP contribution >= 0.6 is 23.2 Å². The molecule has 0 amide bonds. The average Bonchev–Trinajstić information content (AvgIpc) is 1.82. The van der Waals surface area contributed by atoms with Crippen LogP contribution in [-0.2, 0) is 0 Å². The molecule has 3 N–H and O–H groups in total. The van der Waals surface area contributed by atoms with E-state index in [0.29, 0.717) is 12.8 Å². The molecule has 0 spiro atoms. The van der Waals surface area contributed by atoms with Gasteiger partial charge in [0.25, 0.3) is 0 Å². The van der Waals surface area contributed by atoms with Gasteiger partial charge in [-0.05, 0) is 6.08 Å². The second-order valence-electron chi connectivity index (χ2n) is 2.82. The Balaban J connectivity index is 2.64. The third-order valence-corrected chi connectivity index (χ3v) is 2.07. The molecule has 66 valence electrons. The van der Waals surface area contributed by atoms with Gasteiger partial charge < -0.3 is 5.73 Å². The van der Waals surface area contributed by atoms with Crippen LogP contribution in [0.3, 0.4) is 0 Å². The Kier molecular flexibility index (Phi) is 2.80. The molecule has 0 aromatic rings. The fourth-order valence-corrected chi connectivity index (χ4v) is 1.60. The summed E-state index contributed by atoms with van der Waals surface area (Å²) in [4.78, 5) is 0. The summed E-state index contributed by atoms with van der Waals surface area (Å²) in [6.07, 6.45) is 6.41. The minimum atomic E-state index is -0.820. The molecule has 0 saturated heterocycles. The molecule has 0 aromatic carbocycles. The summed E-state index contributed by atoms with van der Waals surface area (Å²) < 4.78 is -0.820.